The van der Waals surface area contributed by atoms with E-state index in [2.05, 4.69) is 20.3 Å². The van der Waals surface area contributed by atoms with Gasteiger partial charge >= 0.3 is 0 Å². The van der Waals surface area contributed by atoms with Crippen molar-refractivity contribution in [3.8, 4) is 22.8 Å². The summed E-state index contributed by atoms with van der Waals surface area (Å²) in [6, 6.07) is 5.24. The summed E-state index contributed by atoms with van der Waals surface area (Å²) in [5, 5.41) is 2.49. The molecule has 3 N–H and O–H groups in total. The molecule has 33 heavy (non-hydrogen) atoms. The van der Waals surface area contributed by atoms with Crippen LogP contribution in [-0.4, -0.2) is 25.4 Å². The Morgan fingerprint density at radius 2 is 1.88 bits per heavy atom. The molecule has 1 unspecified atom stereocenters. The SMILES string of the molecule is CC(NC(=O)c1nc(-c2ccc(=O)n(C)c2)c(-c2ncco2)nc1N)c1c(F)cccc1F. The summed E-state index contributed by atoms with van der Waals surface area (Å²) in [6.07, 6.45) is 4.25. The number of carbonyl (C=O) groups excluding carboxylic acids is 1. The van der Waals surface area contributed by atoms with Gasteiger partial charge in [-0.15, -0.1) is 0 Å². The fourth-order valence-corrected chi connectivity index (χ4v) is 3.30. The Morgan fingerprint density at radius 1 is 1.15 bits per heavy atom. The molecule has 0 fully saturated rings. The van der Waals surface area contributed by atoms with Crippen molar-refractivity contribution >= 4 is 11.7 Å². The molecule has 0 aliphatic rings. The van der Waals surface area contributed by atoms with Gasteiger partial charge in [-0.05, 0) is 25.1 Å². The van der Waals surface area contributed by atoms with Gasteiger partial charge in [0.25, 0.3) is 5.91 Å². The first-order valence-electron chi connectivity index (χ1n) is 9.75. The molecule has 0 aliphatic carbocycles. The highest BCUT2D eigenvalue weighted by Crippen LogP contribution is 2.30. The molecule has 1 amide bonds. The maximum Gasteiger partial charge on any atom is 0.274 e. The van der Waals surface area contributed by atoms with Crippen LogP contribution in [0.25, 0.3) is 22.8 Å². The second-order valence-electron chi connectivity index (χ2n) is 7.19. The number of hydrogen-bond donors (Lipinski definition) is 2. The number of amides is 1. The number of nitrogens with zero attached hydrogens (tertiary/aromatic N) is 4. The van der Waals surface area contributed by atoms with Crippen molar-refractivity contribution in [2.45, 2.75) is 13.0 Å². The van der Waals surface area contributed by atoms with Crippen LogP contribution in [0.5, 0.6) is 0 Å². The van der Waals surface area contributed by atoms with E-state index in [9.17, 15) is 18.4 Å². The summed E-state index contributed by atoms with van der Waals surface area (Å²) in [4.78, 5) is 37.4. The van der Waals surface area contributed by atoms with Crippen molar-refractivity contribution in [1.29, 1.82) is 0 Å². The fraction of sp³-hybridized carbons (Fsp3) is 0.136. The lowest BCUT2D eigenvalue weighted by atomic mass is 10.1. The van der Waals surface area contributed by atoms with E-state index in [4.69, 9.17) is 10.2 Å². The topological polar surface area (TPSA) is 129 Å². The number of nitrogens with one attached hydrogen (secondary N) is 1. The van der Waals surface area contributed by atoms with Crippen LogP contribution in [0.2, 0.25) is 0 Å². The number of hydrogen-bond acceptors (Lipinski definition) is 7. The molecule has 0 radical (unpaired) electrons. The lowest BCUT2D eigenvalue weighted by Gasteiger charge is -2.17. The van der Waals surface area contributed by atoms with Crippen LogP contribution in [0.4, 0.5) is 14.6 Å². The number of halogens is 2. The third kappa shape index (κ3) is 4.20. The van der Waals surface area contributed by atoms with E-state index < -0.39 is 23.6 Å². The summed E-state index contributed by atoms with van der Waals surface area (Å²) in [5.74, 6) is -2.53. The number of carbonyl (C=O) groups is 1. The number of nitrogens with two attached hydrogens (primary N) is 1. The number of aromatic nitrogens is 4. The van der Waals surface area contributed by atoms with Gasteiger partial charge in [0.2, 0.25) is 11.4 Å². The van der Waals surface area contributed by atoms with Crippen LogP contribution in [0.15, 0.2) is 58.2 Å². The molecular weight excluding hydrogens is 434 g/mol. The maximum atomic E-state index is 14.1. The van der Waals surface area contributed by atoms with Crippen LogP contribution in [0.1, 0.15) is 29.0 Å². The van der Waals surface area contributed by atoms with E-state index in [1.54, 1.807) is 7.05 Å². The minimum Gasteiger partial charge on any atom is -0.443 e. The van der Waals surface area contributed by atoms with E-state index in [1.165, 1.54) is 48.3 Å². The van der Waals surface area contributed by atoms with Crippen molar-refractivity contribution in [3.05, 3.63) is 82.2 Å². The van der Waals surface area contributed by atoms with Gasteiger partial charge in [-0.2, -0.15) is 0 Å². The third-order valence-corrected chi connectivity index (χ3v) is 4.91. The van der Waals surface area contributed by atoms with Gasteiger partial charge in [0.15, 0.2) is 17.2 Å². The Labute approximate surface area is 185 Å². The minimum absolute atomic E-state index is 0.104. The third-order valence-electron chi connectivity index (χ3n) is 4.91. The standard InChI is InChI=1S/C22H18F2N6O3/c1-11(16-13(23)4-3-5-14(16)24)27-21(32)19-20(25)29-18(22-26-8-9-33-22)17(28-19)12-6-7-15(31)30(2)10-12/h3-11H,1-2H3,(H2,25,29)(H,27,32). The first kappa shape index (κ1) is 21.8. The molecule has 4 rings (SSSR count). The summed E-state index contributed by atoms with van der Waals surface area (Å²) in [6.45, 7) is 1.43. The number of benzene rings is 1. The second-order valence-corrected chi connectivity index (χ2v) is 7.19. The summed E-state index contributed by atoms with van der Waals surface area (Å²) >= 11 is 0. The Kier molecular flexibility index (Phi) is 5.69. The molecule has 9 nitrogen and oxygen atoms in total. The molecule has 3 aromatic heterocycles. The normalized spacial score (nSPS) is 11.9. The van der Waals surface area contributed by atoms with Gasteiger partial charge in [-0.3, -0.25) is 9.59 Å². The predicted molar refractivity (Wildman–Crippen MR) is 115 cm³/mol. The highest BCUT2D eigenvalue weighted by molar-refractivity contribution is 5.98. The van der Waals surface area contributed by atoms with Crippen molar-refractivity contribution < 1.29 is 18.0 Å². The average Bonchev–Trinajstić information content (AvgIpc) is 3.30. The molecule has 0 aliphatic heterocycles. The highest BCUT2D eigenvalue weighted by atomic mass is 19.1. The maximum absolute atomic E-state index is 14.1. The van der Waals surface area contributed by atoms with E-state index in [-0.39, 0.29) is 39.9 Å². The quantitative estimate of drug-likeness (QED) is 0.476. The molecule has 1 atom stereocenters. The van der Waals surface area contributed by atoms with Crippen LogP contribution in [-0.2, 0) is 7.05 Å². The Balaban J connectivity index is 1.78. The molecule has 1 aromatic carbocycles. The number of aryl methyl sites for hydroxylation is 1. The van der Waals surface area contributed by atoms with Crippen LogP contribution < -0.4 is 16.6 Å². The molecule has 3 heterocycles. The Hall–Kier alpha value is -4.41. The van der Waals surface area contributed by atoms with Gasteiger partial charge in [-0.25, -0.2) is 23.7 Å². The molecule has 4 aromatic rings. The van der Waals surface area contributed by atoms with Crippen LogP contribution >= 0.6 is 0 Å². The van der Waals surface area contributed by atoms with Crippen molar-refractivity contribution in [1.82, 2.24) is 24.8 Å². The van der Waals surface area contributed by atoms with Gasteiger partial charge in [0.1, 0.15) is 23.6 Å². The molecule has 0 saturated heterocycles. The Morgan fingerprint density at radius 3 is 2.52 bits per heavy atom. The number of anilines is 1. The van der Waals surface area contributed by atoms with Crippen molar-refractivity contribution in [2.75, 3.05) is 5.73 Å². The number of pyridine rings is 1. The summed E-state index contributed by atoms with van der Waals surface area (Å²) in [5.41, 5.74) is 5.96. The van der Waals surface area contributed by atoms with Crippen LogP contribution in [0, 0.1) is 11.6 Å². The molecule has 0 spiro atoms. The zero-order chi connectivity index (χ0) is 23.7. The number of nitrogen functional groups attached to an aromatic ring is 1. The zero-order valence-corrected chi connectivity index (χ0v) is 17.5. The smallest absolute Gasteiger partial charge is 0.274 e. The molecule has 0 saturated carbocycles. The summed E-state index contributed by atoms with van der Waals surface area (Å²) < 4.78 is 34.9. The zero-order valence-electron chi connectivity index (χ0n) is 17.5. The fourth-order valence-electron chi connectivity index (χ4n) is 3.30. The monoisotopic (exact) mass is 452 g/mol. The largest absolute Gasteiger partial charge is 0.443 e. The summed E-state index contributed by atoms with van der Waals surface area (Å²) in [7, 11) is 1.56. The number of oxazole rings is 1. The number of rotatable bonds is 5. The average molecular weight is 452 g/mol. The van der Waals surface area contributed by atoms with Gasteiger partial charge in [-0.1, -0.05) is 6.07 Å². The molecule has 0 bridgehead atoms. The van der Waals surface area contributed by atoms with Crippen molar-refractivity contribution in [2.24, 2.45) is 7.05 Å². The molecular formula is C22H18F2N6O3. The van der Waals surface area contributed by atoms with Gasteiger partial charge in [0.05, 0.1) is 12.2 Å². The van der Waals surface area contributed by atoms with Gasteiger partial charge < -0.3 is 20.0 Å². The first-order chi connectivity index (χ1) is 15.8. The Bertz CT molecular complexity index is 1380. The van der Waals surface area contributed by atoms with Crippen LogP contribution in [0.3, 0.4) is 0 Å². The molecule has 11 heteroatoms. The highest BCUT2D eigenvalue weighted by Gasteiger charge is 2.25. The predicted octanol–water partition coefficient (Wildman–Crippen LogP) is 2.85. The lowest BCUT2D eigenvalue weighted by molar-refractivity contribution is 0.0934. The first-order valence-corrected chi connectivity index (χ1v) is 9.75. The lowest BCUT2D eigenvalue weighted by Crippen LogP contribution is -2.30. The van der Waals surface area contributed by atoms with Gasteiger partial charge in [0, 0.05) is 30.4 Å². The van der Waals surface area contributed by atoms with E-state index in [0.29, 0.717) is 5.56 Å². The minimum atomic E-state index is -1.02. The second kappa shape index (κ2) is 8.61. The van der Waals surface area contributed by atoms with E-state index in [0.717, 1.165) is 12.1 Å². The van der Waals surface area contributed by atoms with Crippen molar-refractivity contribution in [3.63, 3.8) is 0 Å². The van der Waals surface area contributed by atoms with E-state index in [1.807, 2.05) is 0 Å². The van der Waals surface area contributed by atoms with E-state index >= 15 is 0 Å². The molecule has 168 valence electrons.